The number of hydrogen-bond acceptors (Lipinski definition) is 14. The molecule has 0 unspecified atom stereocenters. The average Bonchev–Trinajstić information content (AvgIpc) is 1.60. The van der Waals surface area contributed by atoms with Crippen LogP contribution in [0.2, 0.25) is 20.1 Å². The fourth-order valence-corrected chi connectivity index (χ4v) is 13.3. The molecule has 0 bridgehead atoms. The monoisotopic (exact) mass is 1480 g/mol. The summed E-state index contributed by atoms with van der Waals surface area (Å²) in [5.74, 6) is 2.16. The number of hydrogen-bond donors (Lipinski definition) is 4. The van der Waals surface area contributed by atoms with E-state index in [0.29, 0.717) is 107 Å². The second kappa shape index (κ2) is 35.4. The molecule has 4 aliphatic rings. The Labute approximate surface area is 636 Å². The van der Waals surface area contributed by atoms with E-state index in [1.54, 1.807) is 91.2 Å². The van der Waals surface area contributed by atoms with Gasteiger partial charge in [0.15, 0.2) is 0 Å². The summed E-state index contributed by atoms with van der Waals surface area (Å²) in [4.78, 5) is 121. The van der Waals surface area contributed by atoms with Crippen molar-refractivity contribution in [1.82, 2.24) is 30.2 Å². The van der Waals surface area contributed by atoms with Gasteiger partial charge in [-0.15, -0.1) is 0 Å². The van der Waals surface area contributed by atoms with E-state index in [9.17, 15) is 38.4 Å². The van der Waals surface area contributed by atoms with Crippen LogP contribution >= 0.6 is 46.4 Å². The summed E-state index contributed by atoms with van der Waals surface area (Å²) in [7, 11) is 0. The zero-order valence-electron chi connectivity index (χ0n) is 61.1. The second-order valence-corrected chi connectivity index (χ2v) is 32.7. The first kappa shape index (κ1) is 85.3. The second-order valence-electron chi connectivity index (χ2n) is 31.0. The van der Waals surface area contributed by atoms with Gasteiger partial charge in [-0.05, 0) is 171 Å². The van der Waals surface area contributed by atoms with Crippen LogP contribution in [0.15, 0.2) is 94.9 Å². The number of halogens is 4. The van der Waals surface area contributed by atoms with Gasteiger partial charge in [-0.25, -0.2) is 9.59 Å². The molecule has 101 heavy (non-hydrogen) atoms. The molecule has 0 aliphatic carbocycles. The van der Waals surface area contributed by atoms with Crippen LogP contribution in [0.4, 0.5) is 9.59 Å². The third-order valence-electron chi connectivity index (χ3n) is 16.8. The van der Waals surface area contributed by atoms with Crippen LogP contribution in [0.25, 0.3) is 5.90 Å². The number of amides is 6. The van der Waals surface area contributed by atoms with E-state index in [4.69, 9.17) is 86.8 Å². The Morgan fingerprint density at radius 3 is 1.10 bits per heavy atom. The molecule has 4 aromatic carbocycles. The first-order valence-electron chi connectivity index (χ1n) is 33.6. The minimum atomic E-state index is -0.995. The molecule has 2 fully saturated rings. The van der Waals surface area contributed by atoms with Gasteiger partial charge in [0.1, 0.15) is 39.6 Å². The number of aliphatic imine (C=N–C) groups is 2. The smallest absolute Gasteiger partial charge is 0.553 e. The van der Waals surface area contributed by atoms with Gasteiger partial charge in [-0.1, -0.05) is 112 Å². The van der Waals surface area contributed by atoms with Crippen molar-refractivity contribution in [3.8, 4) is 0 Å². The van der Waals surface area contributed by atoms with Crippen molar-refractivity contribution in [2.75, 3.05) is 39.3 Å². The number of carboxylic acids is 1. The van der Waals surface area contributed by atoms with Crippen molar-refractivity contribution in [1.29, 1.82) is 0 Å². The maximum atomic E-state index is 14.7. The molecule has 8 rings (SSSR count). The van der Waals surface area contributed by atoms with Gasteiger partial charge in [-0.2, -0.15) is 0 Å². The molecule has 5 N–H and O–H groups in total. The number of ether oxygens (including phenoxy) is 3. The fraction of sp³-hybridized carbons (Fsp3) is 0.541. The van der Waals surface area contributed by atoms with Gasteiger partial charge in [-0.3, -0.25) is 38.8 Å². The van der Waals surface area contributed by atoms with Crippen LogP contribution < -0.4 is 40.2 Å². The van der Waals surface area contributed by atoms with Crippen LogP contribution in [-0.4, -0.2) is 156 Å². The summed E-state index contributed by atoms with van der Waals surface area (Å²) >= 11 is 25.5. The van der Waals surface area contributed by atoms with E-state index in [-0.39, 0.29) is 107 Å². The summed E-state index contributed by atoms with van der Waals surface area (Å²) in [5, 5.41) is 22.1. The molecule has 6 amide bonds. The number of carbonyl (C=O) groups excluding carboxylic acids is 7. The van der Waals surface area contributed by atoms with E-state index in [0.717, 1.165) is 24.0 Å². The van der Waals surface area contributed by atoms with Gasteiger partial charge in [0.25, 0.3) is 23.6 Å². The van der Waals surface area contributed by atoms with Crippen molar-refractivity contribution in [3.05, 3.63) is 144 Å². The maximum absolute atomic E-state index is 14.7. The SMILES string of the molecule is CC(C)(C)CC[C@H](c1ccc(C(=O)NCCC(=O)O)cc1)N1C(=O)C(c2cc(Cl)cc(Cl)c2)=NC12CCN(C(=O)OC(C)(C)C)CC2.CC(C)(C)CC[C@H](c1ccc(C(=O)NCCC(=O)OC(C)(C)C)cc1)N1C(=O)C(c2cc(Cl)cc(Cl)c2)=NC12CCN(C(=O)OC(C)(C)C)CC2.[NH-]O.[Na+]. The number of nitrogens with one attached hydrogen (secondary N) is 3. The molecular weight excluding hydrogens is 1390 g/mol. The Bertz CT molecular complexity index is 3630. The molecule has 4 heterocycles. The van der Waals surface area contributed by atoms with Gasteiger partial charge < -0.3 is 60.7 Å². The summed E-state index contributed by atoms with van der Waals surface area (Å²) < 4.78 is 16.6. The molecule has 4 aromatic rings. The quantitative estimate of drug-likeness (QED) is 0.0312. The van der Waals surface area contributed by atoms with Gasteiger partial charge >= 0.3 is 53.7 Å². The van der Waals surface area contributed by atoms with Crippen molar-refractivity contribution < 1.29 is 92.4 Å². The van der Waals surface area contributed by atoms with Crippen LogP contribution in [0.3, 0.4) is 0 Å². The Morgan fingerprint density at radius 2 is 0.812 bits per heavy atom. The predicted octanol–water partition coefficient (Wildman–Crippen LogP) is 12.9. The number of benzene rings is 4. The summed E-state index contributed by atoms with van der Waals surface area (Å²) in [6.07, 6.45) is 3.51. The third-order valence-corrected chi connectivity index (χ3v) is 17.7. The van der Waals surface area contributed by atoms with E-state index >= 15 is 0 Å². The molecule has 0 aromatic heterocycles. The van der Waals surface area contributed by atoms with E-state index in [1.807, 2.05) is 75.6 Å². The summed E-state index contributed by atoms with van der Waals surface area (Å²) in [5.41, 5.74) is 0.224. The molecule has 0 saturated carbocycles. The minimum Gasteiger partial charge on any atom is -0.553 e. The molecule has 2 atom stereocenters. The van der Waals surface area contributed by atoms with Crippen molar-refractivity contribution in [2.24, 2.45) is 20.8 Å². The number of carboxylic acid groups (broad SMARTS) is 1. The summed E-state index contributed by atoms with van der Waals surface area (Å²) in [6.45, 7) is 30.8. The summed E-state index contributed by atoms with van der Waals surface area (Å²) in [6, 6.07) is 23.4. The topological polar surface area (TPSA) is 290 Å². The Balaban J connectivity index is 0.000000353. The first-order valence-corrected chi connectivity index (χ1v) is 35.1. The van der Waals surface area contributed by atoms with E-state index < -0.39 is 58.4 Å². The van der Waals surface area contributed by atoms with Gasteiger partial charge in [0.05, 0.1) is 24.9 Å². The normalized spacial score (nSPS) is 16.5. The Kier molecular flexibility index (Phi) is 29.9. The number of nitrogens with zero attached hydrogens (tertiary/aromatic N) is 6. The number of aliphatic carboxylic acids is 1. The Morgan fingerprint density at radius 1 is 0.505 bits per heavy atom. The van der Waals surface area contributed by atoms with E-state index in [2.05, 4.69) is 52.2 Å². The molecule has 0 radical (unpaired) electrons. The Hall–Kier alpha value is -6.34. The van der Waals surface area contributed by atoms with Crippen LogP contribution in [0, 0.1) is 10.8 Å². The van der Waals surface area contributed by atoms with Crippen molar-refractivity contribution in [3.63, 3.8) is 0 Å². The van der Waals surface area contributed by atoms with E-state index in [1.165, 1.54) is 0 Å². The molecular formula is C74H98Cl4N9NaO13. The first-order chi connectivity index (χ1) is 46.4. The zero-order chi connectivity index (χ0) is 74.7. The average molecular weight is 1490 g/mol. The number of carbonyl (C=O) groups is 8. The standard InChI is InChI=1S/C39H52Cl2N4O6.C35H44Cl2N4O6.H2NO.Na/c1-36(2,3)16-14-30(25-10-12-26(13-11-25)33(47)42-19-15-31(46)50-37(4,5)6)45-34(48)32(27-22-28(40)24-29(41)23-27)43-39(45)17-20-44(21-18-39)35(49)51-38(7,8)9;1-33(2,3)13-11-27(22-7-9-23(10-8-22)30(44)38-16-12-28(42)43)41-31(45)29(24-19-25(36)21-26(37)20-24)39-35(41)14-17-40(18-15-35)32(46)47-34(4,5)6;1-2;/h10-13,22-24,30H,14-21H2,1-9H3,(H,42,47);7-10,19-21,27H,11-18H2,1-6H3,(H,38,44)(H,42,43);1-2H;/q;;-1;+1/t30-;27-;;/m11../s1. The van der Waals surface area contributed by atoms with Crippen LogP contribution in [0.5, 0.6) is 0 Å². The molecule has 27 heteroatoms. The van der Waals surface area contributed by atoms with Gasteiger partial charge in [0, 0.05) is 107 Å². The number of rotatable bonds is 18. The van der Waals surface area contributed by atoms with Gasteiger partial charge in [0.2, 0.25) is 0 Å². The molecule has 2 saturated heterocycles. The minimum absolute atomic E-state index is 0. The molecule has 2 spiro atoms. The molecule has 22 nitrogen and oxygen atoms in total. The van der Waals surface area contributed by atoms with Crippen LogP contribution in [-0.2, 0) is 33.4 Å². The van der Waals surface area contributed by atoms with Crippen molar-refractivity contribution >= 4 is 106 Å². The molecule has 4 aliphatic heterocycles. The predicted molar refractivity (Wildman–Crippen MR) is 388 cm³/mol. The van der Waals surface area contributed by atoms with Crippen molar-refractivity contribution in [2.45, 2.75) is 208 Å². The zero-order valence-corrected chi connectivity index (χ0v) is 66.2. The largest absolute Gasteiger partial charge is 1.00 e. The number of piperidine rings is 2. The number of esters is 1. The number of likely N-dealkylation sites (tertiary alicyclic amines) is 2. The van der Waals surface area contributed by atoms with Crippen LogP contribution in [0.1, 0.15) is 223 Å². The maximum Gasteiger partial charge on any atom is 1.00 e. The molecule has 546 valence electrons. The third kappa shape index (κ3) is 24.7. The fourth-order valence-electron chi connectivity index (χ4n) is 12.2.